The summed E-state index contributed by atoms with van der Waals surface area (Å²) in [4.78, 5) is 23.1. The van der Waals surface area contributed by atoms with Crippen molar-refractivity contribution in [3.05, 3.63) is 35.6 Å². The van der Waals surface area contributed by atoms with Crippen LogP contribution in [-0.2, 0) is 0 Å². The lowest BCUT2D eigenvalue weighted by Crippen LogP contribution is -2.30. The molecule has 0 bridgehead atoms. The first-order valence-electron chi connectivity index (χ1n) is 7.74. The van der Waals surface area contributed by atoms with Crippen molar-refractivity contribution in [3.63, 3.8) is 0 Å². The van der Waals surface area contributed by atoms with Crippen molar-refractivity contribution in [2.24, 2.45) is 0 Å². The van der Waals surface area contributed by atoms with Gasteiger partial charge in [0.15, 0.2) is 5.82 Å². The standard InChI is InChI=1S/C16H20N4O3/c1-10(2)14-18-15(23-19-14)12-5-4-8-20(12)16(21)11-6-7-17-13(9-11)22-3/h6-7,9-10,12H,4-5,8H2,1-3H3/t12-/m1/s1. The molecule has 0 aliphatic carbocycles. The number of amides is 1. The smallest absolute Gasteiger partial charge is 0.254 e. The maximum atomic E-state index is 12.8. The first kappa shape index (κ1) is 15.5. The topological polar surface area (TPSA) is 81.4 Å². The molecule has 1 aliphatic rings. The van der Waals surface area contributed by atoms with Gasteiger partial charge in [-0.25, -0.2) is 4.98 Å². The molecule has 2 aromatic rings. The number of methoxy groups -OCH3 is 1. The molecule has 23 heavy (non-hydrogen) atoms. The van der Waals surface area contributed by atoms with Gasteiger partial charge in [0.2, 0.25) is 11.8 Å². The largest absolute Gasteiger partial charge is 0.481 e. The quantitative estimate of drug-likeness (QED) is 0.862. The number of hydrogen-bond acceptors (Lipinski definition) is 6. The van der Waals surface area contributed by atoms with E-state index in [9.17, 15) is 4.79 Å². The summed E-state index contributed by atoms with van der Waals surface area (Å²) in [6.07, 6.45) is 3.31. The Hall–Kier alpha value is -2.44. The van der Waals surface area contributed by atoms with E-state index in [0.29, 0.717) is 29.7 Å². The molecule has 7 nitrogen and oxygen atoms in total. The van der Waals surface area contributed by atoms with Gasteiger partial charge in [-0.3, -0.25) is 4.79 Å². The molecule has 1 fully saturated rings. The second kappa shape index (κ2) is 6.36. The number of rotatable bonds is 4. The van der Waals surface area contributed by atoms with Crippen LogP contribution in [-0.4, -0.2) is 39.6 Å². The summed E-state index contributed by atoms with van der Waals surface area (Å²) in [7, 11) is 1.53. The molecule has 0 unspecified atom stereocenters. The minimum atomic E-state index is -0.165. The summed E-state index contributed by atoms with van der Waals surface area (Å²) in [6, 6.07) is 3.17. The number of nitrogens with zero attached hydrogens (tertiary/aromatic N) is 4. The third-order valence-electron chi connectivity index (χ3n) is 3.96. The van der Waals surface area contributed by atoms with Crippen molar-refractivity contribution in [1.29, 1.82) is 0 Å². The molecule has 1 aliphatic heterocycles. The summed E-state index contributed by atoms with van der Waals surface area (Å²) in [5.74, 6) is 1.73. The minimum Gasteiger partial charge on any atom is -0.481 e. The van der Waals surface area contributed by atoms with Crippen molar-refractivity contribution >= 4 is 5.91 Å². The number of pyridine rings is 1. The molecule has 0 aromatic carbocycles. The van der Waals surface area contributed by atoms with Crippen LogP contribution in [0.1, 0.15) is 60.7 Å². The first-order valence-corrected chi connectivity index (χ1v) is 7.74. The molecule has 1 saturated heterocycles. The van der Waals surface area contributed by atoms with Crippen LogP contribution < -0.4 is 4.74 Å². The van der Waals surface area contributed by atoms with E-state index in [1.807, 2.05) is 13.8 Å². The van der Waals surface area contributed by atoms with Crippen LogP contribution in [0.3, 0.4) is 0 Å². The van der Waals surface area contributed by atoms with E-state index in [0.717, 1.165) is 12.8 Å². The van der Waals surface area contributed by atoms with Crippen molar-refractivity contribution in [2.45, 2.75) is 38.6 Å². The number of aromatic nitrogens is 3. The average Bonchev–Trinajstić information content (AvgIpc) is 3.22. The van der Waals surface area contributed by atoms with Gasteiger partial charge in [0.25, 0.3) is 5.91 Å². The highest BCUT2D eigenvalue weighted by atomic mass is 16.5. The molecule has 0 radical (unpaired) electrons. The van der Waals surface area contributed by atoms with Crippen LogP contribution in [0, 0.1) is 0 Å². The maximum absolute atomic E-state index is 12.8. The summed E-state index contributed by atoms with van der Waals surface area (Å²) in [5.41, 5.74) is 0.548. The van der Waals surface area contributed by atoms with E-state index in [1.165, 1.54) is 7.11 Å². The number of likely N-dealkylation sites (tertiary alicyclic amines) is 1. The predicted octanol–water partition coefficient (Wildman–Crippen LogP) is 2.57. The van der Waals surface area contributed by atoms with Gasteiger partial charge in [0, 0.05) is 30.3 Å². The normalized spacial score (nSPS) is 17.7. The Balaban J connectivity index is 1.84. The van der Waals surface area contributed by atoms with E-state index in [2.05, 4.69) is 15.1 Å². The lowest BCUT2D eigenvalue weighted by molar-refractivity contribution is 0.0709. The Bertz CT molecular complexity index is 698. The maximum Gasteiger partial charge on any atom is 0.254 e. The number of ether oxygens (including phenoxy) is 1. The minimum absolute atomic E-state index is 0.0718. The lowest BCUT2D eigenvalue weighted by atomic mass is 10.2. The number of carbonyl (C=O) groups is 1. The zero-order valence-corrected chi connectivity index (χ0v) is 13.5. The van der Waals surface area contributed by atoms with E-state index in [-0.39, 0.29) is 17.9 Å². The van der Waals surface area contributed by atoms with E-state index in [1.54, 1.807) is 23.2 Å². The van der Waals surface area contributed by atoms with Crippen LogP contribution in [0.2, 0.25) is 0 Å². The van der Waals surface area contributed by atoms with E-state index in [4.69, 9.17) is 9.26 Å². The third-order valence-corrected chi connectivity index (χ3v) is 3.96. The van der Waals surface area contributed by atoms with Gasteiger partial charge >= 0.3 is 0 Å². The second-order valence-corrected chi connectivity index (χ2v) is 5.89. The van der Waals surface area contributed by atoms with Gasteiger partial charge in [-0.2, -0.15) is 4.98 Å². The van der Waals surface area contributed by atoms with Crippen LogP contribution >= 0.6 is 0 Å². The molecule has 3 heterocycles. The molecule has 7 heteroatoms. The molecule has 0 N–H and O–H groups in total. The Labute approximate surface area is 134 Å². The Morgan fingerprint density at radius 1 is 1.48 bits per heavy atom. The van der Waals surface area contributed by atoms with Crippen molar-refractivity contribution < 1.29 is 14.1 Å². The molecule has 1 amide bonds. The fourth-order valence-electron chi connectivity index (χ4n) is 2.70. The monoisotopic (exact) mass is 316 g/mol. The van der Waals surface area contributed by atoms with Gasteiger partial charge in [-0.15, -0.1) is 0 Å². The zero-order chi connectivity index (χ0) is 16.4. The van der Waals surface area contributed by atoms with E-state index >= 15 is 0 Å². The number of carbonyl (C=O) groups excluding carboxylic acids is 1. The van der Waals surface area contributed by atoms with Crippen LogP contribution in [0.5, 0.6) is 5.88 Å². The average molecular weight is 316 g/mol. The molecule has 122 valence electrons. The highest BCUT2D eigenvalue weighted by Gasteiger charge is 2.34. The highest BCUT2D eigenvalue weighted by Crippen LogP contribution is 2.33. The molecule has 0 spiro atoms. The second-order valence-electron chi connectivity index (χ2n) is 5.89. The van der Waals surface area contributed by atoms with Gasteiger partial charge in [-0.1, -0.05) is 19.0 Å². The summed E-state index contributed by atoms with van der Waals surface area (Å²) < 4.78 is 10.5. The lowest BCUT2D eigenvalue weighted by Gasteiger charge is -2.22. The van der Waals surface area contributed by atoms with Gasteiger partial charge in [0.05, 0.1) is 7.11 Å². The van der Waals surface area contributed by atoms with Gasteiger partial charge < -0.3 is 14.2 Å². The predicted molar refractivity (Wildman–Crippen MR) is 82.2 cm³/mol. The summed E-state index contributed by atoms with van der Waals surface area (Å²) in [5, 5.41) is 4.00. The fraction of sp³-hybridized carbons (Fsp3) is 0.500. The summed E-state index contributed by atoms with van der Waals surface area (Å²) in [6.45, 7) is 4.69. The third kappa shape index (κ3) is 3.04. The van der Waals surface area contributed by atoms with Crippen LogP contribution in [0.25, 0.3) is 0 Å². The molecular weight excluding hydrogens is 296 g/mol. The van der Waals surface area contributed by atoms with Gasteiger partial charge in [0.1, 0.15) is 6.04 Å². The number of hydrogen-bond donors (Lipinski definition) is 0. The highest BCUT2D eigenvalue weighted by molar-refractivity contribution is 5.94. The summed E-state index contributed by atoms with van der Waals surface area (Å²) >= 11 is 0. The van der Waals surface area contributed by atoms with E-state index < -0.39 is 0 Å². The molecule has 3 rings (SSSR count). The molecule has 0 saturated carbocycles. The Kier molecular flexibility index (Phi) is 4.27. The first-order chi connectivity index (χ1) is 11.1. The molecular formula is C16H20N4O3. The fourth-order valence-corrected chi connectivity index (χ4v) is 2.70. The van der Waals surface area contributed by atoms with Crippen LogP contribution in [0.15, 0.2) is 22.9 Å². The Morgan fingerprint density at radius 2 is 2.30 bits per heavy atom. The Morgan fingerprint density at radius 3 is 3.00 bits per heavy atom. The van der Waals surface area contributed by atoms with Crippen LogP contribution in [0.4, 0.5) is 0 Å². The molecule has 1 atom stereocenters. The van der Waals surface area contributed by atoms with Gasteiger partial charge in [-0.05, 0) is 18.9 Å². The zero-order valence-electron chi connectivity index (χ0n) is 13.5. The van der Waals surface area contributed by atoms with Crippen molar-refractivity contribution in [3.8, 4) is 5.88 Å². The SMILES string of the molecule is COc1cc(C(=O)N2CCC[C@@H]2c2nc(C(C)C)no2)ccn1. The van der Waals surface area contributed by atoms with Crippen molar-refractivity contribution in [1.82, 2.24) is 20.0 Å². The molecule has 2 aromatic heterocycles. The van der Waals surface area contributed by atoms with Crippen molar-refractivity contribution in [2.75, 3.05) is 13.7 Å².